The number of amides is 1. The first-order chi connectivity index (χ1) is 4.18. The Kier molecular flexibility index (Phi) is 12.4. The molecule has 4 nitrogen and oxygen atoms in total. The predicted octanol–water partition coefficient (Wildman–Crippen LogP) is -1.37. The van der Waals surface area contributed by atoms with Crippen molar-refractivity contribution >= 4 is 5.91 Å². The first-order valence-corrected chi connectivity index (χ1v) is 2.32. The van der Waals surface area contributed by atoms with Crippen molar-refractivity contribution in [1.29, 1.82) is 0 Å². The standard InChI is InChI=1S/C3H5NO.C2H6O2/c1-2-3(4)5;3-1-2-4/h2H,1H2,(H2,4,5);3-4H,1-2H2. The Morgan fingerprint density at radius 3 is 1.78 bits per heavy atom. The predicted molar refractivity (Wildman–Crippen MR) is 33.6 cm³/mol. The van der Waals surface area contributed by atoms with E-state index in [9.17, 15) is 4.79 Å². The third-order valence-electron chi connectivity index (χ3n) is 0.301. The molecule has 54 valence electrons. The first-order valence-electron chi connectivity index (χ1n) is 2.32. The zero-order valence-corrected chi connectivity index (χ0v) is 5.08. The second kappa shape index (κ2) is 10.2. The summed E-state index contributed by atoms with van der Waals surface area (Å²) in [6.45, 7) is 2.84. The Morgan fingerprint density at radius 1 is 1.56 bits per heavy atom. The second-order valence-electron chi connectivity index (χ2n) is 1.05. The fourth-order valence-electron chi connectivity index (χ4n) is 0. The average Bonchev–Trinajstić information content (AvgIpc) is 1.89. The number of nitrogens with two attached hydrogens (primary N) is 1. The molecule has 9 heavy (non-hydrogen) atoms. The number of primary amides is 1. The molecule has 0 rings (SSSR count). The molecule has 0 bridgehead atoms. The normalized spacial score (nSPS) is 6.89. The van der Waals surface area contributed by atoms with Crippen LogP contribution in [0.4, 0.5) is 0 Å². The van der Waals surface area contributed by atoms with Crippen LogP contribution in [0.2, 0.25) is 0 Å². The van der Waals surface area contributed by atoms with Gasteiger partial charge in [0.1, 0.15) is 0 Å². The summed E-state index contributed by atoms with van der Waals surface area (Å²) in [5.41, 5.74) is 4.53. The first kappa shape index (κ1) is 11.0. The van der Waals surface area contributed by atoms with Crippen LogP contribution in [-0.4, -0.2) is 29.3 Å². The van der Waals surface area contributed by atoms with Gasteiger partial charge in [-0.3, -0.25) is 4.79 Å². The monoisotopic (exact) mass is 133 g/mol. The molecule has 0 aromatic heterocycles. The van der Waals surface area contributed by atoms with Crippen LogP contribution in [-0.2, 0) is 4.79 Å². The summed E-state index contributed by atoms with van der Waals surface area (Å²) in [6.07, 6.45) is 1.06. The SMILES string of the molecule is C=CC(N)=O.OCCO. The van der Waals surface area contributed by atoms with Gasteiger partial charge in [0.2, 0.25) is 5.91 Å². The van der Waals surface area contributed by atoms with Crippen molar-refractivity contribution in [2.45, 2.75) is 0 Å². The van der Waals surface area contributed by atoms with Crippen molar-refractivity contribution in [2.24, 2.45) is 5.73 Å². The van der Waals surface area contributed by atoms with Gasteiger partial charge >= 0.3 is 0 Å². The molecular formula is C5H11NO3. The molecule has 0 aliphatic rings. The summed E-state index contributed by atoms with van der Waals surface area (Å²) in [7, 11) is 0. The Hall–Kier alpha value is -0.870. The van der Waals surface area contributed by atoms with Crippen LogP contribution in [0.15, 0.2) is 12.7 Å². The topological polar surface area (TPSA) is 83.6 Å². The number of rotatable bonds is 2. The van der Waals surface area contributed by atoms with Crippen LogP contribution in [0, 0.1) is 0 Å². The lowest BCUT2D eigenvalue weighted by atomic mass is 10.6. The Bertz CT molecular complexity index is 80.3. The van der Waals surface area contributed by atoms with Crippen molar-refractivity contribution in [3.8, 4) is 0 Å². The maximum atomic E-state index is 9.47. The van der Waals surface area contributed by atoms with E-state index in [0.717, 1.165) is 6.08 Å². The molecule has 0 aromatic carbocycles. The van der Waals surface area contributed by atoms with Gasteiger partial charge in [0, 0.05) is 0 Å². The summed E-state index contributed by atoms with van der Waals surface area (Å²) in [4.78, 5) is 9.47. The van der Waals surface area contributed by atoms with Crippen molar-refractivity contribution in [3.05, 3.63) is 12.7 Å². The van der Waals surface area contributed by atoms with E-state index in [1.54, 1.807) is 0 Å². The lowest BCUT2D eigenvalue weighted by Gasteiger charge is -1.70. The third kappa shape index (κ3) is 41.4. The number of carbonyl (C=O) groups excluding carboxylic acids is 1. The fourth-order valence-corrected chi connectivity index (χ4v) is 0. The molecule has 0 radical (unpaired) electrons. The van der Waals surface area contributed by atoms with E-state index in [1.165, 1.54) is 0 Å². The van der Waals surface area contributed by atoms with Crippen LogP contribution < -0.4 is 5.73 Å². The quantitative estimate of drug-likeness (QED) is 0.406. The van der Waals surface area contributed by atoms with Crippen LogP contribution in [0.1, 0.15) is 0 Å². The lowest BCUT2D eigenvalue weighted by Crippen LogP contribution is -2.04. The zero-order valence-electron chi connectivity index (χ0n) is 5.08. The molecular weight excluding hydrogens is 122 g/mol. The molecule has 0 saturated carbocycles. The maximum Gasteiger partial charge on any atom is 0.240 e. The van der Waals surface area contributed by atoms with E-state index in [1.807, 2.05) is 0 Å². The fraction of sp³-hybridized carbons (Fsp3) is 0.400. The van der Waals surface area contributed by atoms with Crippen LogP contribution in [0.25, 0.3) is 0 Å². The molecule has 0 spiro atoms. The molecule has 0 saturated heterocycles. The van der Waals surface area contributed by atoms with Crippen LogP contribution in [0.3, 0.4) is 0 Å². The molecule has 4 heteroatoms. The van der Waals surface area contributed by atoms with Gasteiger partial charge in [0.25, 0.3) is 0 Å². The maximum absolute atomic E-state index is 9.47. The summed E-state index contributed by atoms with van der Waals surface area (Å²) in [6, 6.07) is 0. The number of aliphatic hydroxyl groups is 2. The summed E-state index contributed by atoms with van der Waals surface area (Å²) < 4.78 is 0. The molecule has 0 atom stereocenters. The van der Waals surface area contributed by atoms with Gasteiger partial charge in [-0.05, 0) is 6.08 Å². The van der Waals surface area contributed by atoms with E-state index in [-0.39, 0.29) is 13.2 Å². The highest BCUT2D eigenvalue weighted by atomic mass is 16.3. The molecule has 0 aromatic rings. The van der Waals surface area contributed by atoms with E-state index < -0.39 is 5.91 Å². The minimum Gasteiger partial charge on any atom is -0.394 e. The van der Waals surface area contributed by atoms with Crippen molar-refractivity contribution in [2.75, 3.05) is 13.2 Å². The summed E-state index contributed by atoms with van der Waals surface area (Å²) >= 11 is 0. The van der Waals surface area contributed by atoms with Gasteiger partial charge in [0.15, 0.2) is 0 Å². The molecule has 0 aliphatic heterocycles. The molecule has 0 heterocycles. The molecule has 0 aliphatic carbocycles. The molecule has 0 fully saturated rings. The van der Waals surface area contributed by atoms with E-state index in [4.69, 9.17) is 10.2 Å². The highest BCUT2D eigenvalue weighted by molar-refractivity contribution is 5.84. The number of hydrogen-bond acceptors (Lipinski definition) is 3. The van der Waals surface area contributed by atoms with Crippen molar-refractivity contribution in [3.63, 3.8) is 0 Å². The van der Waals surface area contributed by atoms with Gasteiger partial charge in [-0.15, -0.1) is 0 Å². The van der Waals surface area contributed by atoms with Crippen LogP contribution in [0.5, 0.6) is 0 Å². The second-order valence-corrected chi connectivity index (χ2v) is 1.05. The van der Waals surface area contributed by atoms with Gasteiger partial charge in [-0.1, -0.05) is 6.58 Å². The largest absolute Gasteiger partial charge is 0.394 e. The highest BCUT2D eigenvalue weighted by Gasteiger charge is 1.69. The van der Waals surface area contributed by atoms with Gasteiger partial charge in [0.05, 0.1) is 13.2 Å². The summed E-state index contributed by atoms with van der Waals surface area (Å²) in [5, 5.41) is 15.2. The third-order valence-corrected chi connectivity index (χ3v) is 0.301. The number of hydrogen-bond donors (Lipinski definition) is 3. The molecule has 4 N–H and O–H groups in total. The Labute approximate surface area is 53.6 Å². The molecule has 0 unspecified atom stereocenters. The van der Waals surface area contributed by atoms with E-state index in [0.29, 0.717) is 0 Å². The average molecular weight is 133 g/mol. The van der Waals surface area contributed by atoms with Crippen molar-refractivity contribution in [1.82, 2.24) is 0 Å². The Morgan fingerprint density at radius 2 is 1.78 bits per heavy atom. The van der Waals surface area contributed by atoms with Crippen molar-refractivity contribution < 1.29 is 15.0 Å². The van der Waals surface area contributed by atoms with Gasteiger partial charge in [-0.25, -0.2) is 0 Å². The van der Waals surface area contributed by atoms with Crippen LogP contribution >= 0.6 is 0 Å². The minimum absolute atomic E-state index is 0.125. The minimum atomic E-state index is -0.481. The smallest absolute Gasteiger partial charge is 0.240 e. The van der Waals surface area contributed by atoms with Gasteiger partial charge < -0.3 is 15.9 Å². The summed E-state index contributed by atoms with van der Waals surface area (Å²) in [5.74, 6) is -0.481. The van der Waals surface area contributed by atoms with Gasteiger partial charge in [-0.2, -0.15) is 0 Å². The number of carbonyl (C=O) groups is 1. The molecule has 1 amide bonds. The highest BCUT2D eigenvalue weighted by Crippen LogP contribution is 1.48. The lowest BCUT2D eigenvalue weighted by molar-refractivity contribution is -0.113. The Balaban J connectivity index is 0. The zero-order chi connectivity index (χ0) is 7.70. The van der Waals surface area contributed by atoms with E-state index >= 15 is 0 Å². The van der Waals surface area contributed by atoms with E-state index in [2.05, 4.69) is 12.3 Å². The number of aliphatic hydroxyl groups excluding tert-OH is 2.